The van der Waals surface area contributed by atoms with Gasteiger partial charge in [-0.1, -0.05) is 20.8 Å². The summed E-state index contributed by atoms with van der Waals surface area (Å²) in [4.78, 5) is 0. The van der Waals surface area contributed by atoms with Crippen LogP contribution in [0.1, 0.15) is 27.7 Å². The van der Waals surface area contributed by atoms with E-state index in [1.807, 2.05) is 0 Å². The zero-order chi connectivity index (χ0) is 16.2. The third-order valence-electron chi connectivity index (χ3n) is 3.65. The van der Waals surface area contributed by atoms with Crippen LogP contribution >= 0.6 is 0 Å². The van der Waals surface area contributed by atoms with E-state index in [4.69, 9.17) is 5.11 Å². The second kappa shape index (κ2) is 13.8. The second-order valence-corrected chi connectivity index (χ2v) is 5.79. The summed E-state index contributed by atoms with van der Waals surface area (Å²) in [6, 6.07) is 0. The van der Waals surface area contributed by atoms with E-state index < -0.39 is 48.6 Å². The minimum absolute atomic E-state index is 0. The van der Waals surface area contributed by atoms with Gasteiger partial charge in [0.05, 0.1) is 18.3 Å². The van der Waals surface area contributed by atoms with Gasteiger partial charge in [-0.3, -0.25) is 0 Å². The molecule has 0 saturated heterocycles. The van der Waals surface area contributed by atoms with Crippen LogP contribution in [0.5, 0.6) is 0 Å². The maximum atomic E-state index is 9.92. The normalized spacial score (nSPS) is 22.4. The van der Waals surface area contributed by atoms with E-state index in [1.165, 1.54) is 13.8 Å². The van der Waals surface area contributed by atoms with Gasteiger partial charge >= 0.3 is 0 Å². The number of hydrogen-bond donors (Lipinski definition) is 7. The van der Waals surface area contributed by atoms with Crippen LogP contribution in [0, 0.1) is 100.0 Å². The zero-order valence-electron chi connectivity index (χ0n) is 13.5. The molecule has 0 aromatic rings. The van der Waals surface area contributed by atoms with Crippen LogP contribution in [0.4, 0.5) is 0 Å². The van der Waals surface area contributed by atoms with Gasteiger partial charge in [-0.25, -0.2) is 0 Å². The Morgan fingerprint density at radius 2 is 0.773 bits per heavy atom. The molecule has 8 unspecified atom stereocenters. The van der Waals surface area contributed by atoms with Crippen LogP contribution in [0.3, 0.4) is 0 Å². The summed E-state index contributed by atoms with van der Waals surface area (Å²) in [7, 11) is 0. The van der Waals surface area contributed by atoms with E-state index in [0.717, 1.165) is 0 Å². The molecule has 0 spiro atoms. The molecule has 7 N–H and O–H groups in total. The largest absolute Gasteiger partial charge is 0.392 e. The van der Waals surface area contributed by atoms with Crippen LogP contribution in [0.2, 0.25) is 0 Å². The van der Waals surface area contributed by atoms with Gasteiger partial charge in [0.25, 0.3) is 0 Å². The fourth-order valence-electron chi connectivity index (χ4n) is 2.01. The molecule has 0 bridgehead atoms. The Morgan fingerprint density at radius 3 is 1.09 bits per heavy atom. The van der Waals surface area contributed by atoms with E-state index in [2.05, 4.69) is 0 Å². The van der Waals surface area contributed by atoms with Crippen LogP contribution < -0.4 is 0 Å². The molecule has 22 heavy (non-hydrogen) atoms. The average Bonchev–Trinajstić information content (AvgIpc) is 2.40. The van der Waals surface area contributed by atoms with Crippen molar-refractivity contribution < 1.29 is 124 Å². The summed E-state index contributed by atoms with van der Waals surface area (Å²) in [6.45, 7) is 6.20. The summed E-state index contributed by atoms with van der Waals surface area (Å²) in [5.74, 6) is -0.896. The van der Waals surface area contributed by atoms with Crippen molar-refractivity contribution >= 4 is 0 Å². The van der Waals surface area contributed by atoms with Gasteiger partial charge in [0.1, 0.15) is 24.4 Å². The monoisotopic (exact) mass is 750 g/mol. The Labute approximate surface area is 203 Å². The summed E-state index contributed by atoms with van der Waals surface area (Å²) in [6.07, 6.45) is -10.8. The Bertz CT molecular complexity index is 255. The first-order chi connectivity index (χ1) is 9.02. The van der Waals surface area contributed by atoms with Crippen molar-refractivity contribution in [3.05, 3.63) is 0 Å². The predicted molar refractivity (Wildman–Crippen MR) is 71.7 cm³/mol. The average molecular weight is 750 g/mol. The van der Waals surface area contributed by atoms with E-state index >= 15 is 0 Å². The maximum absolute atomic E-state index is 9.92. The van der Waals surface area contributed by atoms with Gasteiger partial charge in [-0.2, -0.15) is 0 Å². The first-order valence-electron chi connectivity index (χ1n) is 6.78. The van der Waals surface area contributed by atoms with Crippen LogP contribution in [-0.4, -0.2) is 78.5 Å². The molecule has 9 heteroatoms. The number of hydrogen-bond acceptors (Lipinski definition) is 7. The second-order valence-electron chi connectivity index (χ2n) is 5.79. The topological polar surface area (TPSA) is 142 Å². The molecule has 0 rings (SSSR count). The van der Waals surface area contributed by atoms with Gasteiger partial charge in [-0.15, -0.1) is 0 Å². The van der Waals surface area contributed by atoms with Crippen LogP contribution in [0.25, 0.3) is 0 Å². The van der Waals surface area contributed by atoms with Gasteiger partial charge < -0.3 is 35.7 Å². The molecule has 0 amide bonds. The number of aliphatic hydroxyl groups excluding tert-OH is 7. The summed E-state index contributed by atoms with van der Waals surface area (Å²) >= 11 is 0. The van der Waals surface area contributed by atoms with Gasteiger partial charge in [-0.05, 0) is 12.8 Å². The van der Waals surface area contributed by atoms with Crippen molar-refractivity contribution in [3.8, 4) is 0 Å². The third kappa shape index (κ3) is 8.81. The Hall–Kier alpha value is 2.60. The molecule has 2 radical (unpaired) electrons. The third-order valence-corrected chi connectivity index (χ3v) is 3.65. The number of rotatable bonds is 8. The molecule has 0 aliphatic rings. The van der Waals surface area contributed by atoms with E-state index in [1.54, 1.807) is 13.8 Å². The number of aliphatic hydroxyl groups is 7. The Balaban J connectivity index is -0.00000180. The van der Waals surface area contributed by atoms with Crippen molar-refractivity contribution in [2.45, 2.75) is 70.4 Å². The molecule has 8 atom stereocenters. The molecular weight excluding hydrogens is 722 g/mol. The summed E-state index contributed by atoms with van der Waals surface area (Å²) < 4.78 is 0. The van der Waals surface area contributed by atoms with Gasteiger partial charge in [0, 0.05) is 94.0 Å². The van der Waals surface area contributed by atoms with Crippen LogP contribution in [0.15, 0.2) is 0 Å². The minimum atomic E-state index is -1.85. The fraction of sp³-hybridized carbons (Fsp3) is 1.00. The smallest absolute Gasteiger partial charge is 0.111 e. The quantitative estimate of drug-likeness (QED) is 0.150. The summed E-state index contributed by atoms with van der Waals surface area (Å²) in [5.41, 5.74) is 0. The molecule has 0 aromatic heterocycles. The molecule has 0 heterocycles. The van der Waals surface area contributed by atoms with Crippen molar-refractivity contribution in [3.63, 3.8) is 0 Å². The van der Waals surface area contributed by atoms with E-state index in [-0.39, 0.29) is 94.0 Å². The molecule has 7 nitrogen and oxygen atoms in total. The van der Waals surface area contributed by atoms with Crippen molar-refractivity contribution in [2.24, 2.45) is 11.8 Å². The zero-order valence-corrected chi connectivity index (χ0v) is 23.0. The fourth-order valence-corrected chi connectivity index (χ4v) is 2.01. The SMILES string of the molecule is CC(C)C(O)C(C)C(O)C(O)C(O)C(O)C(O)C(C)O.[Ac].[Ac]. The molecule has 0 saturated carbocycles. The minimum Gasteiger partial charge on any atom is -0.392 e. The van der Waals surface area contributed by atoms with E-state index in [9.17, 15) is 30.6 Å². The van der Waals surface area contributed by atoms with Crippen LogP contribution in [-0.2, 0) is 0 Å². The predicted octanol–water partition coefficient (Wildman–Crippen LogP) is -2.18. The molecule has 0 aliphatic carbocycles. The molecule has 0 aromatic carbocycles. The molecule has 0 fully saturated rings. The molecule has 128 valence electrons. The van der Waals surface area contributed by atoms with Crippen molar-refractivity contribution in [2.75, 3.05) is 0 Å². The van der Waals surface area contributed by atoms with Gasteiger partial charge in [0.15, 0.2) is 0 Å². The summed E-state index contributed by atoms with van der Waals surface area (Å²) in [5, 5.41) is 67.5. The maximum Gasteiger partial charge on any atom is 0.111 e. The standard InChI is InChI=1S/C13H28O7.2Ac/c1-5(2)8(15)6(3)9(16)11(18)13(20)12(19)10(17)7(4)14;;/h5-20H,1-4H3;;. The van der Waals surface area contributed by atoms with Crippen molar-refractivity contribution in [1.29, 1.82) is 0 Å². The molecular formula is C13H28Ac2O7. The van der Waals surface area contributed by atoms with E-state index in [0.29, 0.717) is 0 Å². The Kier molecular flexibility index (Phi) is 18.4. The Morgan fingerprint density at radius 1 is 0.455 bits per heavy atom. The van der Waals surface area contributed by atoms with Crippen molar-refractivity contribution in [1.82, 2.24) is 0 Å². The first kappa shape index (κ1) is 29.4. The molecule has 0 aliphatic heterocycles. The van der Waals surface area contributed by atoms with Gasteiger partial charge in [0.2, 0.25) is 0 Å². The first-order valence-corrected chi connectivity index (χ1v) is 6.78.